The summed E-state index contributed by atoms with van der Waals surface area (Å²) >= 11 is 0. The van der Waals surface area contributed by atoms with Crippen molar-refractivity contribution < 1.29 is 32.2 Å². The quantitative estimate of drug-likeness (QED) is 0.300. The Bertz CT molecular complexity index is 1500. The average molecular weight is 612 g/mol. The fourth-order valence-corrected chi connectivity index (χ4v) is 6.00. The topological polar surface area (TPSA) is 114 Å². The van der Waals surface area contributed by atoms with E-state index in [0.29, 0.717) is 23.5 Å². The van der Waals surface area contributed by atoms with Gasteiger partial charge in [-0.05, 0) is 69.2 Å². The maximum absolute atomic E-state index is 14.3. The molecule has 0 bridgehead atoms. The van der Waals surface area contributed by atoms with Crippen LogP contribution in [0.3, 0.4) is 0 Å². The molecule has 232 valence electrons. The highest BCUT2D eigenvalue weighted by atomic mass is 32.2. The number of ether oxygens (including phenoxy) is 3. The number of hydrogen-bond donors (Lipinski definition) is 1. The molecule has 11 heteroatoms. The molecule has 0 aromatic heterocycles. The van der Waals surface area contributed by atoms with E-state index in [1.165, 1.54) is 37.3 Å². The number of benzene rings is 3. The van der Waals surface area contributed by atoms with Crippen molar-refractivity contribution in [3.8, 4) is 17.2 Å². The Morgan fingerprint density at radius 2 is 1.51 bits per heavy atom. The fraction of sp³-hybridized carbons (Fsp3) is 0.375. The van der Waals surface area contributed by atoms with Gasteiger partial charge in [0.25, 0.3) is 10.0 Å². The van der Waals surface area contributed by atoms with Gasteiger partial charge in [-0.3, -0.25) is 13.9 Å². The highest BCUT2D eigenvalue weighted by Crippen LogP contribution is 2.36. The monoisotopic (exact) mass is 611 g/mol. The van der Waals surface area contributed by atoms with Crippen LogP contribution in [0.1, 0.15) is 39.7 Å². The average Bonchev–Trinajstić information content (AvgIpc) is 2.98. The van der Waals surface area contributed by atoms with Crippen LogP contribution in [-0.2, 0) is 26.2 Å². The zero-order valence-electron chi connectivity index (χ0n) is 25.8. The van der Waals surface area contributed by atoms with E-state index >= 15 is 0 Å². The summed E-state index contributed by atoms with van der Waals surface area (Å²) in [5, 5.41) is 2.96. The van der Waals surface area contributed by atoms with Crippen LogP contribution in [-0.4, -0.2) is 64.6 Å². The van der Waals surface area contributed by atoms with Crippen LogP contribution in [0, 0.1) is 0 Å². The van der Waals surface area contributed by atoms with Crippen LogP contribution in [0.4, 0.5) is 5.69 Å². The van der Waals surface area contributed by atoms with Gasteiger partial charge in [0.1, 0.15) is 29.8 Å². The Morgan fingerprint density at radius 3 is 2.09 bits per heavy atom. The highest BCUT2D eigenvalue weighted by Gasteiger charge is 2.35. The number of rotatable bonds is 13. The van der Waals surface area contributed by atoms with Crippen molar-refractivity contribution in [1.82, 2.24) is 10.2 Å². The van der Waals surface area contributed by atoms with E-state index < -0.39 is 34.1 Å². The Labute approximate surface area is 254 Å². The van der Waals surface area contributed by atoms with E-state index in [0.717, 1.165) is 4.31 Å². The van der Waals surface area contributed by atoms with Gasteiger partial charge in [-0.25, -0.2) is 8.42 Å². The first-order valence-electron chi connectivity index (χ1n) is 13.9. The van der Waals surface area contributed by atoms with Crippen molar-refractivity contribution in [1.29, 1.82) is 0 Å². The van der Waals surface area contributed by atoms with E-state index in [2.05, 4.69) is 5.32 Å². The lowest BCUT2D eigenvalue weighted by Crippen LogP contribution is -2.55. The Hall–Kier alpha value is -4.25. The number of carbonyl (C=O) groups excluding carboxylic acids is 2. The normalized spacial score (nSPS) is 12.2. The summed E-state index contributed by atoms with van der Waals surface area (Å²) in [7, 11) is 0.144. The minimum atomic E-state index is -4.28. The number of nitrogens with one attached hydrogen (secondary N) is 1. The molecule has 0 unspecified atom stereocenters. The zero-order chi connectivity index (χ0) is 31.8. The summed E-state index contributed by atoms with van der Waals surface area (Å²) in [6.45, 7) is 6.81. The lowest BCUT2D eigenvalue weighted by Gasteiger charge is -2.35. The van der Waals surface area contributed by atoms with E-state index in [1.54, 1.807) is 55.6 Å². The van der Waals surface area contributed by atoms with Gasteiger partial charge in [-0.2, -0.15) is 0 Å². The van der Waals surface area contributed by atoms with Gasteiger partial charge in [0.2, 0.25) is 11.8 Å². The smallest absolute Gasteiger partial charge is 0.264 e. The van der Waals surface area contributed by atoms with Gasteiger partial charge in [0, 0.05) is 18.2 Å². The molecule has 0 heterocycles. The summed E-state index contributed by atoms with van der Waals surface area (Å²) in [6, 6.07) is 18.8. The predicted molar refractivity (Wildman–Crippen MR) is 166 cm³/mol. The van der Waals surface area contributed by atoms with Gasteiger partial charge < -0.3 is 24.4 Å². The van der Waals surface area contributed by atoms with Crippen molar-refractivity contribution in [2.45, 2.75) is 57.1 Å². The predicted octanol–water partition coefficient (Wildman–Crippen LogP) is 4.63. The van der Waals surface area contributed by atoms with Gasteiger partial charge in [-0.1, -0.05) is 37.3 Å². The second kappa shape index (κ2) is 14.3. The maximum Gasteiger partial charge on any atom is 0.264 e. The van der Waals surface area contributed by atoms with E-state index in [1.807, 2.05) is 33.8 Å². The van der Waals surface area contributed by atoms with Gasteiger partial charge in [-0.15, -0.1) is 0 Å². The van der Waals surface area contributed by atoms with Crippen LogP contribution < -0.4 is 23.8 Å². The molecule has 0 radical (unpaired) electrons. The molecule has 0 spiro atoms. The summed E-state index contributed by atoms with van der Waals surface area (Å²) in [6.07, 6.45) is 0.297. The fourth-order valence-electron chi connectivity index (χ4n) is 4.56. The number of carbonyl (C=O) groups is 2. The molecule has 3 rings (SSSR count). The molecule has 3 aromatic rings. The van der Waals surface area contributed by atoms with Gasteiger partial charge in [0.15, 0.2) is 0 Å². The van der Waals surface area contributed by atoms with Crippen molar-refractivity contribution in [3.05, 3.63) is 78.4 Å². The second-order valence-corrected chi connectivity index (χ2v) is 12.8. The molecule has 0 saturated heterocycles. The Kier molecular flexibility index (Phi) is 11.0. The van der Waals surface area contributed by atoms with Crippen molar-refractivity contribution in [2.75, 3.05) is 32.2 Å². The third-order valence-electron chi connectivity index (χ3n) is 6.64. The first kappa shape index (κ1) is 33.3. The molecule has 3 aromatic carbocycles. The maximum atomic E-state index is 14.3. The third kappa shape index (κ3) is 8.41. The molecular weight excluding hydrogens is 570 g/mol. The molecular formula is C32H41N3O7S. The number of nitrogens with zero attached hydrogens (tertiary/aromatic N) is 2. The largest absolute Gasteiger partial charge is 0.497 e. The lowest BCUT2D eigenvalue weighted by molar-refractivity contribution is -0.141. The van der Waals surface area contributed by atoms with Crippen LogP contribution in [0.2, 0.25) is 0 Å². The molecule has 1 atom stereocenters. The number of sulfonamides is 1. The minimum Gasteiger partial charge on any atom is -0.497 e. The number of methoxy groups -OCH3 is 3. The minimum absolute atomic E-state index is 0.00969. The molecule has 0 fully saturated rings. The first-order valence-corrected chi connectivity index (χ1v) is 15.3. The second-order valence-electron chi connectivity index (χ2n) is 10.9. The standard InChI is InChI=1S/C32H41N3O7S/c1-8-27(31(37)33-32(2,3)4)34(21-23-13-12-14-24(19-23)40-5)30(36)22-35(43(38,39)26-15-10-9-11-16-26)28-20-25(41-6)17-18-29(28)42-7/h9-20,27H,8,21-22H2,1-7H3,(H,33,37)/t27-/m1/s1. The van der Waals surface area contributed by atoms with E-state index in [-0.39, 0.29) is 28.8 Å². The summed E-state index contributed by atoms with van der Waals surface area (Å²) in [4.78, 5) is 29.2. The van der Waals surface area contributed by atoms with E-state index in [4.69, 9.17) is 14.2 Å². The van der Waals surface area contributed by atoms with Crippen LogP contribution in [0.5, 0.6) is 17.2 Å². The molecule has 0 aliphatic rings. The summed E-state index contributed by atoms with van der Waals surface area (Å²) < 4.78 is 45.5. The van der Waals surface area contributed by atoms with Gasteiger partial charge >= 0.3 is 0 Å². The van der Waals surface area contributed by atoms with Crippen LogP contribution in [0.25, 0.3) is 0 Å². The third-order valence-corrected chi connectivity index (χ3v) is 8.41. The number of amides is 2. The highest BCUT2D eigenvalue weighted by molar-refractivity contribution is 7.92. The molecule has 0 saturated carbocycles. The molecule has 43 heavy (non-hydrogen) atoms. The summed E-state index contributed by atoms with van der Waals surface area (Å²) in [5.41, 5.74) is 0.282. The van der Waals surface area contributed by atoms with Crippen molar-refractivity contribution in [2.24, 2.45) is 0 Å². The van der Waals surface area contributed by atoms with Crippen LogP contribution in [0.15, 0.2) is 77.7 Å². The zero-order valence-corrected chi connectivity index (χ0v) is 26.6. The Balaban J connectivity index is 2.16. The summed E-state index contributed by atoms with van der Waals surface area (Å²) in [5.74, 6) is 0.267. The SMILES string of the molecule is CC[C@H](C(=O)NC(C)(C)C)N(Cc1cccc(OC)c1)C(=O)CN(c1cc(OC)ccc1OC)S(=O)(=O)c1ccccc1. The molecule has 1 N–H and O–H groups in total. The molecule has 0 aliphatic carbocycles. The molecule has 10 nitrogen and oxygen atoms in total. The van der Waals surface area contributed by atoms with Gasteiger partial charge in [0.05, 0.1) is 31.9 Å². The first-order chi connectivity index (χ1) is 20.3. The number of anilines is 1. The van der Waals surface area contributed by atoms with Crippen LogP contribution >= 0.6 is 0 Å². The van der Waals surface area contributed by atoms with Crippen molar-refractivity contribution in [3.63, 3.8) is 0 Å². The molecule has 0 aliphatic heterocycles. The lowest BCUT2D eigenvalue weighted by atomic mass is 10.1. The van der Waals surface area contributed by atoms with Crippen molar-refractivity contribution >= 4 is 27.5 Å². The Morgan fingerprint density at radius 1 is 0.860 bits per heavy atom. The van der Waals surface area contributed by atoms with E-state index in [9.17, 15) is 18.0 Å². The number of hydrogen-bond acceptors (Lipinski definition) is 7. The molecule has 2 amide bonds.